The lowest BCUT2D eigenvalue weighted by Crippen LogP contribution is -2.52. The topological polar surface area (TPSA) is 415 Å². The lowest BCUT2D eigenvalue weighted by Gasteiger charge is -2.38. The van der Waals surface area contributed by atoms with Crippen LogP contribution in [-0.4, -0.2) is 193 Å². The summed E-state index contributed by atoms with van der Waals surface area (Å²) in [5.74, 6) is -0.457. The van der Waals surface area contributed by atoms with Crippen molar-refractivity contribution in [2.75, 3.05) is 63.6 Å². The number of hydrogen-bond donors (Lipinski definition) is 11. The molecule has 2 aromatic heterocycles. The van der Waals surface area contributed by atoms with Gasteiger partial charge in [-0.1, -0.05) is 102 Å². The van der Waals surface area contributed by atoms with Crippen molar-refractivity contribution in [3.8, 4) is 11.8 Å². The van der Waals surface area contributed by atoms with Crippen LogP contribution in [0.2, 0.25) is 0 Å². The molecule has 2 aromatic carbocycles. The van der Waals surface area contributed by atoms with E-state index >= 15 is 0 Å². The Bertz CT molecular complexity index is 3950. The Morgan fingerprint density at radius 3 is 2.17 bits per heavy atom. The third kappa shape index (κ3) is 25.5. The molecule has 28 nitrogen and oxygen atoms in total. The predicted molar refractivity (Wildman–Crippen MR) is 408 cm³/mol. The minimum atomic E-state index is -1.86. The number of aryl methyl sites for hydroxylation is 2. The van der Waals surface area contributed by atoms with Gasteiger partial charge in [-0.05, 0) is 124 Å². The normalized spacial score (nSPS) is 17.8. The third-order valence-corrected chi connectivity index (χ3v) is 21.3. The van der Waals surface area contributed by atoms with Crippen LogP contribution in [0.15, 0.2) is 77.2 Å². The van der Waals surface area contributed by atoms with E-state index in [2.05, 4.69) is 109 Å². The molecule has 3 aliphatic rings. The number of carboxylic acids is 3. The molecule has 9 atom stereocenters. The van der Waals surface area contributed by atoms with Crippen LogP contribution in [0.25, 0.3) is 11.0 Å². The Morgan fingerprint density at radius 1 is 0.792 bits per heavy atom. The quantitative estimate of drug-likeness (QED) is 0.00939. The summed E-state index contributed by atoms with van der Waals surface area (Å²) in [4.78, 5) is 142. The monoisotopic (exact) mass is 1520 g/mol. The van der Waals surface area contributed by atoms with Crippen molar-refractivity contribution in [2.45, 2.75) is 192 Å². The average molecular weight is 1520 g/mol. The van der Waals surface area contributed by atoms with Gasteiger partial charge in [0.2, 0.25) is 35.4 Å². The molecule has 3 heterocycles. The minimum Gasteiger partial charge on any atom is -0.481 e. The number of carboxylic acid groups (broad SMARTS) is 3. The number of fused-ring (bicyclic) bond motifs is 3. The van der Waals surface area contributed by atoms with Gasteiger partial charge in [0, 0.05) is 110 Å². The maximum Gasteiger partial charge on any atom is 0.326 e. The van der Waals surface area contributed by atoms with Gasteiger partial charge in [0.15, 0.2) is 0 Å². The third-order valence-electron chi connectivity index (χ3n) is 18.6. The fourth-order valence-electron chi connectivity index (χ4n) is 13.2. The summed E-state index contributed by atoms with van der Waals surface area (Å²) < 4.78 is 12.9. The maximum atomic E-state index is 14.5. The van der Waals surface area contributed by atoms with E-state index in [1.165, 1.54) is 55.7 Å². The number of nitrogens with one attached hydrogen (secondary N) is 6. The summed E-state index contributed by atoms with van der Waals surface area (Å²) in [6, 6.07) is 8.20. The molecule has 106 heavy (non-hydrogen) atoms. The molecule has 1 aliphatic heterocycles. The van der Waals surface area contributed by atoms with Gasteiger partial charge in [0.1, 0.15) is 48.2 Å². The molecule has 0 radical (unpaired) electrons. The number of aliphatic hydroxyl groups is 1. The fourth-order valence-corrected chi connectivity index (χ4v) is 15.5. The number of ether oxygens (including phenoxy) is 1. The van der Waals surface area contributed by atoms with E-state index in [-0.39, 0.29) is 93.1 Å². The van der Waals surface area contributed by atoms with E-state index in [0.717, 1.165) is 36.1 Å². The first-order valence-corrected chi connectivity index (χ1v) is 39.1. The molecular weight excluding hydrogens is 1420 g/mol. The van der Waals surface area contributed by atoms with E-state index in [1.807, 2.05) is 30.4 Å². The lowest BCUT2D eigenvalue weighted by atomic mass is 9.65. The highest BCUT2D eigenvalue weighted by Gasteiger charge is 2.39. The second-order valence-electron chi connectivity index (χ2n) is 26.6. The van der Waals surface area contributed by atoms with Crippen molar-refractivity contribution in [2.24, 2.45) is 10.9 Å². The highest BCUT2D eigenvalue weighted by Crippen LogP contribution is 2.48. The molecule has 12 N–H and O–H groups in total. The summed E-state index contributed by atoms with van der Waals surface area (Å²) >= 11 is 0. The first-order valence-electron chi connectivity index (χ1n) is 36.2. The number of anilines is 1. The molecule has 0 saturated carbocycles. The first kappa shape index (κ1) is 84.5. The number of hydrogen-bond acceptors (Lipinski definition) is 19. The SMILES string of the molecule is CCCc1cc2c(cc1C)C(c1ccccc1C(=O)N(C)CCCC(=O)NCCCCCC(=O)NC(CCCSSCCC(=O)NCC#Cc1cn([C@H]3CC(O)[C@@H](COP)O3)c3ncnc(N)c13)C(=O)NCCCCCC(=O)NC(CC(=O)O)C(=O)NC(CC(=O)O)C(=O)O)C1C=C(C)C(=NCC)C=C1C2. The van der Waals surface area contributed by atoms with E-state index in [4.69, 9.17) is 25.1 Å². The number of allylic oxidation sites excluding steroid dienone is 4. The lowest BCUT2D eigenvalue weighted by molar-refractivity contribution is -0.148. The van der Waals surface area contributed by atoms with E-state index in [9.17, 15) is 63.3 Å². The number of unbranched alkanes of at least 4 members (excludes halogenated alkanes) is 4. The van der Waals surface area contributed by atoms with Crippen LogP contribution in [0, 0.1) is 24.7 Å². The molecule has 0 bridgehead atoms. The number of aromatic nitrogens is 3. The molecule has 574 valence electrons. The van der Waals surface area contributed by atoms with Crippen molar-refractivity contribution in [3.05, 3.63) is 111 Å². The summed E-state index contributed by atoms with van der Waals surface area (Å²) in [5, 5.41) is 54.5. The number of nitrogens with two attached hydrogens (primary N) is 1. The molecule has 4 aromatic rings. The minimum absolute atomic E-state index is 0.0547. The fraction of sp³-hybridized carbons (Fsp3) is 0.533. The van der Waals surface area contributed by atoms with Gasteiger partial charge in [0.25, 0.3) is 5.91 Å². The van der Waals surface area contributed by atoms with E-state index in [1.54, 1.807) is 22.7 Å². The summed E-state index contributed by atoms with van der Waals surface area (Å²) in [5.41, 5.74) is 17.4. The number of carbonyl (C=O) groups excluding carboxylic acids is 7. The zero-order valence-corrected chi connectivity index (χ0v) is 63.7. The van der Waals surface area contributed by atoms with Crippen molar-refractivity contribution in [1.29, 1.82) is 0 Å². The second-order valence-corrected chi connectivity index (χ2v) is 29.7. The van der Waals surface area contributed by atoms with Crippen molar-refractivity contribution in [3.63, 3.8) is 0 Å². The van der Waals surface area contributed by atoms with Crippen LogP contribution in [0.4, 0.5) is 5.82 Å². The molecule has 0 spiro atoms. The van der Waals surface area contributed by atoms with Crippen LogP contribution in [0.3, 0.4) is 0 Å². The van der Waals surface area contributed by atoms with Crippen LogP contribution < -0.4 is 37.6 Å². The first-order chi connectivity index (χ1) is 50.9. The van der Waals surface area contributed by atoms with Crippen molar-refractivity contribution in [1.82, 2.24) is 51.3 Å². The number of carbonyl (C=O) groups is 10. The molecule has 2 aliphatic carbocycles. The second kappa shape index (κ2) is 43.2. The number of benzene rings is 2. The van der Waals surface area contributed by atoms with Gasteiger partial charge in [-0.25, -0.2) is 14.8 Å². The Hall–Kier alpha value is -8.72. The average Bonchev–Trinajstić information content (AvgIpc) is 0.931. The standard InChI is InChI=1S/C75H101N12O16PS2/c1-6-19-47-36-49-37-50-38-56(77-7-2)46(4)35-54(50)69(53(49)34-45(47)3)51-21-12-13-22-52(51)74(99)86(5)31-17-26-61(89)78-28-14-8-10-24-63(91)83-55(72(97)80-29-15-9-11-25-64(92)84-57(39-66(93)94)73(98)85-58(75(100)101)40-67(95)96)23-18-32-105-106-33-27-62(90)79-30-16-20-48-42-87(71-68(48)70(76)81-44-82-71)65-41-59(88)60(103-65)43-102-104/h12-13,21-22,34-36,38,42,44,54-55,57-60,65,69,88H,6-11,14-15,17-19,23-33,37,39-41,43,104H2,1-5H3,(H,78,89)(H,79,90)(H,80,97)(H,83,91)(H,84,92)(H,85,98)(H,93,94)(H,95,96)(H,100,101)(H2,76,81,82)/t54?,55?,57?,58?,59?,60-,65-,69?/m1/s1. The Morgan fingerprint density at radius 2 is 1.47 bits per heavy atom. The number of rotatable bonds is 43. The summed E-state index contributed by atoms with van der Waals surface area (Å²) in [6.45, 7) is 10.4. The van der Waals surface area contributed by atoms with Gasteiger partial charge in [0.05, 0.1) is 48.8 Å². The zero-order valence-electron chi connectivity index (χ0n) is 60.9. The van der Waals surface area contributed by atoms with Gasteiger partial charge < -0.3 is 76.8 Å². The smallest absolute Gasteiger partial charge is 0.326 e. The summed E-state index contributed by atoms with van der Waals surface area (Å²) in [7, 11) is 6.92. The number of aliphatic imine (C=N–C) groups is 1. The maximum absolute atomic E-state index is 14.5. The Kier molecular flexibility index (Phi) is 34.4. The van der Waals surface area contributed by atoms with Crippen LogP contribution in [0.5, 0.6) is 0 Å². The number of amides is 7. The van der Waals surface area contributed by atoms with E-state index in [0.29, 0.717) is 111 Å². The molecule has 7 unspecified atom stereocenters. The number of nitrogens with zero attached hydrogens (tertiary/aromatic N) is 5. The van der Waals surface area contributed by atoms with Gasteiger partial charge in [-0.2, -0.15) is 0 Å². The number of aliphatic hydroxyl groups excluding tert-OH is 1. The molecule has 1 saturated heterocycles. The van der Waals surface area contributed by atoms with Crippen LogP contribution in [-0.2, 0) is 65.3 Å². The van der Waals surface area contributed by atoms with Gasteiger partial charge in [-0.15, -0.1) is 0 Å². The molecule has 7 rings (SSSR count). The molecule has 31 heteroatoms. The Labute approximate surface area is 628 Å². The van der Waals surface area contributed by atoms with Gasteiger partial charge >= 0.3 is 17.9 Å². The molecule has 7 amide bonds. The van der Waals surface area contributed by atoms with Crippen molar-refractivity contribution >= 4 is 113 Å². The van der Waals surface area contributed by atoms with Gasteiger partial charge in [-0.3, -0.25) is 48.1 Å². The largest absolute Gasteiger partial charge is 0.481 e. The van der Waals surface area contributed by atoms with Crippen molar-refractivity contribution < 1.29 is 77.6 Å². The zero-order chi connectivity index (χ0) is 76.8. The van der Waals surface area contributed by atoms with Crippen LogP contribution >= 0.6 is 31.1 Å². The number of nitrogen functional groups attached to an aromatic ring is 1. The number of aliphatic carboxylic acids is 3. The predicted octanol–water partition coefficient (Wildman–Crippen LogP) is 6.79. The molecule has 1 fully saturated rings. The summed E-state index contributed by atoms with van der Waals surface area (Å²) in [6.07, 6.45) is 11.6. The van der Waals surface area contributed by atoms with Crippen LogP contribution in [0.1, 0.15) is 186 Å². The highest BCUT2D eigenvalue weighted by atomic mass is 33.1. The highest BCUT2D eigenvalue weighted by molar-refractivity contribution is 8.76. The Balaban J connectivity index is 0.844. The molecular formula is C75H101N12O16PS2. The van der Waals surface area contributed by atoms with E-state index < -0.39 is 85.0 Å².